The second-order valence-electron chi connectivity index (χ2n) is 6.61. The van der Waals surface area contributed by atoms with Crippen molar-refractivity contribution in [2.24, 2.45) is 0 Å². The number of nitrogens with one attached hydrogen (secondary N) is 1. The number of benzene rings is 1. The largest absolute Gasteiger partial charge is 0.368 e. The summed E-state index contributed by atoms with van der Waals surface area (Å²) in [5.41, 5.74) is 1.27. The van der Waals surface area contributed by atoms with E-state index in [9.17, 15) is 9.59 Å². The molecule has 1 heterocycles. The number of nitrogens with zero attached hydrogens (tertiary/aromatic N) is 1. The molecule has 1 atom stereocenters. The maximum atomic E-state index is 12.8. The van der Waals surface area contributed by atoms with Crippen molar-refractivity contribution in [1.82, 2.24) is 4.90 Å². The van der Waals surface area contributed by atoms with Crippen LogP contribution in [0.1, 0.15) is 49.9 Å². The molecule has 5 heteroatoms. The highest BCUT2D eigenvalue weighted by Crippen LogP contribution is 2.30. The molecule has 2 amide bonds. The van der Waals surface area contributed by atoms with E-state index < -0.39 is 0 Å². The summed E-state index contributed by atoms with van der Waals surface area (Å²) in [5.74, 6) is -0.0919. The monoisotopic (exact) mass is 316 g/mol. The third-order valence-electron chi connectivity index (χ3n) is 4.33. The van der Waals surface area contributed by atoms with Crippen LogP contribution >= 0.6 is 0 Å². The van der Waals surface area contributed by atoms with Gasteiger partial charge in [0.25, 0.3) is 11.8 Å². The first-order valence-corrected chi connectivity index (χ1v) is 8.41. The molecular weight excluding hydrogens is 292 g/mol. The van der Waals surface area contributed by atoms with E-state index in [2.05, 4.69) is 5.32 Å². The van der Waals surface area contributed by atoms with Crippen molar-refractivity contribution in [2.45, 2.75) is 57.7 Å². The van der Waals surface area contributed by atoms with Gasteiger partial charge in [-0.05, 0) is 57.7 Å². The van der Waals surface area contributed by atoms with Gasteiger partial charge in [-0.25, -0.2) is 0 Å². The van der Waals surface area contributed by atoms with Gasteiger partial charge in [-0.1, -0.05) is 6.07 Å². The number of rotatable bonds is 5. The van der Waals surface area contributed by atoms with Gasteiger partial charge in [0.15, 0.2) is 0 Å². The molecule has 5 nitrogen and oxygen atoms in total. The Balaban J connectivity index is 1.71. The summed E-state index contributed by atoms with van der Waals surface area (Å²) in [6, 6.07) is 7.73. The minimum Gasteiger partial charge on any atom is -0.368 e. The second kappa shape index (κ2) is 6.71. The Labute approximate surface area is 137 Å². The number of carbonyl (C=O) groups excluding carboxylic acids is 2. The summed E-state index contributed by atoms with van der Waals surface area (Å²) >= 11 is 0. The smallest absolute Gasteiger partial charge is 0.254 e. The predicted octanol–water partition coefficient (Wildman–Crippen LogP) is 2.82. The van der Waals surface area contributed by atoms with Gasteiger partial charge in [0.2, 0.25) is 0 Å². The molecule has 1 N–H and O–H groups in total. The van der Waals surface area contributed by atoms with E-state index in [1.165, 1.54) is 0 Å². The number of carbonyl (C=O) groups is 2. The molecule has 0 spiro atoms. The summed E-state index contributed by atoms with van der Waals surface area (Å²) < 4.78 is 5.39. The van der Waals surface area contributed by atoms with Crippen LogP contribution in [0.25, 0.3) is 0 Å². The first kappa shape index (κ1) is 16.0. The Hall–Kier alpha value is -1.88. The van der Waals surface area contributed by atoms with E-state index in [-0.39, 0.29) is 24.0 Å². The van der Waals surface area contributed by atoms with Gasteiger partial charge in [-0.3, -0.25) is 9.59 Å². The van der Waals surface area contributed by atoms with Crippen molar-refractivity contribution >= 4 is 17.5 Å². The second-order valence-corrected chi connectivity index (χ2v) is 6.61. The molecule has 2 aliphatic rings. The average molecular weight is 316 g/mol. The van der Waals surface area contributed by atoms with Crippen molar-refractivity contribution in [3.8, 4) is 0 Å². The fourth-order valence-corrected chi connectivity index (χ4v) is 3.06. The van der Waals surface area contributed by atoms with Crippen LogP contribution in [0.15, 0.2) is 24.3 Å². The number of anilines is 1. The molecule has 1 aliphatic carbocycles. The van der Waals surface area contributed by atoms with E-state index in [4.69, 9.17) is 4.74 Å². The fraction of sp³-hybridized carbons (Fsp3) is 0.556. The molecule has 0 bridgehead atoms. The molecule has 1 aromatic rings. The van der Waals surface area contributed by atoms with Gasteiger partial charge in [-0.2, -0.15) is 0 Å². The molecule has 23 heavy (non-hydrogen) atoms. The molecular formula is C18H24N2O3. The third kappa shape index (κ3) is 3.72. The normalized spacial score (nSPS) is 20.6. The Morgan fingerprint density at radius 2 is 2.04 bits per heavy atom. The van der Waals surface area contributed by atoms with E-state index in [0.29, 0.717) is 23.9 Å². The van der Waals surface area contributed by atoms with Crippen LogP contribution in [-0.4, -0.2) is 41.5 Å². The lowest BCUT2D eigenvalue weighted by Crippen LogP contribution is -2.38. The van der Waals surface area contributed by atoms with Crippen molar-refractivity contribution in [3.05, 3.63) is 29.8 Å². The van der Waals surface area contributed by atoms with E-state index in [0.717, 1.165) is 25.7 Å². The van der Waals surface area contributed by atoms with Crippen LogP contribution < -0.4 is 5.32 Å². The zero-order valence-corrected chi connectivity index (χ0v) is 13.7. The molecule has 1 aliphatic heterocycles. The number of ether oxygens (including phenoxy) is 1. The average Bonchev–Trinajstić information content (AvgIpc) is 3.18. The van der Waals surface area contributed by atoms with Crippen LogP contribution in [0.5, 0.6) is 0 Å². The lowest BCUT2D eigenvalue weighted by atomic mass is 10.1. The Morgan fingerprint density at radius 3 is 2.65 bits per heavy atom. The van der Waals surface area contributed by atoms with Crippen molar-refractivity contribution in [3.63, 3.8) is 0 Å². The topological polar surface area (TPSA) is 58.6 Å². The predicted molar refractivity (Wildman–Crippen MR) is 88.4 cm³/mol. The van der Waals surface area contributed by atoms with E-state index in [1.807, 2.05) is 30.9 Å². The lowest BCUT2D eigenvalue weighted by molar-refractivity contribution is -0.124. The highest BCUT2D eigenvalue weighted by atomic mass is 16.5. The van der Waals surface area contributed by atoms with Crippen molar-refractivity contribution in [1.29, 1.82) is 0 Å². The summed E-state index contributed by atoms with van der Waals surface area (Å²) in [7, 11) is 0. The van der Waals surface area contributed by atoms with Crippen molar-refractivity contribution < 1.29 is 14.3 Å². The molecule has 2 fully saturated rings. The standard InChI is InChI=1S/C18H24N2O3/c1-12(2)20(15-8-9-15)18(22)13-5-3-6-14(11-13)19-17(21)16-7-4-10-23-16/h3,5-6,11-12,15-16H,4,7-10H2,1-2H3,(H,19,21). The molecule has 1 unspecified atom stereocenters. The van der Waals surface area contributed by atoms with Gasteiger partial charge in [0.05, 0.1) is 0 Å². The summed E-state index contributed by atoms with van der Waals surface area (Å²) in [4.78, 5) is 26.8. The zero-order valence-electron chi connectivity index (χ0n) is 13.7. The van der Waals surface area contributed by atoms with Gasteiger partial charge in [0.1, 0.15) is 6.10 Å². The van der Waals surface area contributed by atoms with Crippen molar-refractivity contribution in [2.75, 3.05) is 11.9 Å². The number of hydrogen-bond donors (Lipinski definition) is 1. The van der Waals surface area contributed by atoms with Crippen LogP contribution in [0, 0.1) is 0 Å². The summed E-state index contributed by atoms with van der Waals surface area (Å²) in [6.45, 7) is 4.72. The Morgan fingerprint density at radius 1 is 1.26 bits per heavy atom. The molecule has 3 rings (SSSR count). The summed E-state index contributed by atoms with van der Waals surface area (Å²) in [5, 5.41) is 2.86. The SMILES string of the molecule is CC(C)N(C(=O)c1cccc(NC(=O)C2CCCO2)c1)C1CC1. The Kier molecular flexibility index (Phi) is 4.66. The van der Waals surface area contributed by atoms with Gasteiger partial charge < -0.3 is 15.0 Å². The molecule has 0 aromatic heterocycles. The first-order valence-electron chi connectivity index (χ1n) is 8.41. The molecule has 1 saturated carbocycles. The fourth-order valence-electron chi connectivity index (χ4n) is 3.06. The number of amides is 2. The molecule has 1 saturated heterocycles. The molecule has 0 radical (unpaired) electrons. The van der Waals surface area contributed by atoms with Crippen LogP contribution in [0.2, 0.25) is 0 Å². The van der Waals surface area contributed by atoms with Crippen LogP contribution in [0.4, 0.5) is 5.69 Å². The molecule has 124 valence electrons. The van der Waals surface area contributed by atoms with E-state index >= 15 is 0 Å². The maximum absolute atomic E-state index is 12.8. The highest BCUT2D eigenvalue weighted by Gasteiger charge is 2.34. The highest BCUT2D eigenvalue weighted by molar-refractivity contribution is 5.98. The van der Waals surface area contributed by atoms with Gasteiger partial charge >= 0.3 is 0 Å². The molecule has 1 aromatic carbocycles. The van der Waals surface area contributed by atoms with Crippen LogP contribution in [-0.2, 0) is 9.53 Å². The quantitative estimate of drug-likeness (QED) is 0.909. The van der Waals surface area contributed by atoms with Gasteiger partial charge in [-0.15, -0.1) is 0 Å². The zero-order chi connectivity index (χ0) is 16.4. The maximum Gasteiger partial charge on any atom is 0.254 e. The Bertz CT molecular complexity index is 588. The van der Waals surface area contributed by atoms with Gasteiger partial charge in [0, 0.05) is 29.9 Å². The summed E-state index contributed by atoms with van der Waals surface area (Å²) in [6.07, 6.45) is 3.47. The van der Waals surface area contributed by atoms with E-state index in [1.54, 1.807) is 12.1 Å². The minimum absolute atomic E-state index is 0.0377. The number of hydrogen-bond acceptors (Lipinski definition) is 3. The minimum atomic E-state index is -0.368. The van der Waals surface area contributed by atoms with Crippen LogP contribution in [0.3, 0.4) is 0 Å². The lowest BCUT2D eigenvalue weighted by Gasteiger charge is -2.27. The first-order chi connectivity index (χ1) is 11.1. The third-order valence-corrected chi connectivity index (χ3v) is 4.33.